The van der Waals surface area contributed by atoms with Gasteiger partial charge in [0.15, 0.2) is 0 Å². The Morgan fingerprint density at radius 1 is 0.636 bits per heavy atom. The van der Waals surface area contributed by atoms with E-state index in [1.807, 2.05) is 72.8 Å². The Bertz CT molecular complexity index is 1530. The van der Waals surface area contributed by atoms with Gasteiger partial charge in [0, 0.05) is 13.1 Å². The quantitative estimate of drug-likeness (QED) is 0.280. The second kappa shape index (κ2) is 13.5. The van der Waals surface area contributed by atoms with Crippen LogP contribution in [-0.4, -0.2) is 26.3 Å². The van der Waals surface area contributed by atoms with Crippen molar-refractivity contribution in [2.24, 2.45) is 0 Å². The molecule has 6 rings (SSSR count). The van der Waals surface area contributed by atoms with Gasteiger partial charge in [0.2, 0.25) is 0 Å². The number of nitrogens with one attached hydrogen (secondary N) is 2. The third-order valence-corrected chi connectivity index (χ3v) is 8.30. The maximum atomic E-state index is 13.4. The first kappa shape index (κ1) is 31.0. The molecular weight excluding hydrogens is 558 g/mol. The average molecular weight is 593 g/mol. The molecule has 2 saturated heterocycles. The summed E-state index contributed by atoms with van der Waals surface area (Å²) < 4.78 is 39.0. The molecule has 2 fully saturated rings. The van der Waals surface area contributed by atoms with Crippen LogP contribution < -0.4 is 10.6 Å². The molecule has 224 valence electrons. The molecule has 0 spiro atoms. The van der Waals surface area contributed by atoms with Gasteiger partial charge in [0.1, 0.15) is 35.0 Å². The Morgan fingerprint density at radius 2 is 1.02 bits per heavy atom. The normalized spacial score (nSPS) is 24.7. The maximum Gasteiger partial charge on any atom is 0.140 e. The van der Waals surface area contributed by atoms with Crippen molar-refractivity contribution in [2.45, 2.75) is 37.1 Å². The Hall–Kier alpha value is -4.44. The fourth-order valence-corrected chi connectivity index (χ4v) is 5.46. The van der Waals surface area contributed by atoms with Crippen molar-refractivity contribution in [1.82, 2.24) is 10.6 Å². The molecule has 0 unspecified atom stereocenters. The van der Waals surface area contributed by atoms with Crippen molar-refractivity contribution in [2.75, 3.05) is 26.3 Å². The van der Waals surface area contributed by atoms with Crippen LogP contribution in [0.3, 0.4) is 0 Å². The van der Waals surface area contributed by atoms with Crippen LogP contribution >= 0.6 is 0 Å². The second-order valence-electron chi connectivity index (χ2n) is 11.4. The first-order valence-electron chi connectivity index (χ1n) is 14.5. The third-order valence-electron chi connectivity index (χ3n) is 8.30. The zero-order valence-corrected chi connectivity index (χ0v) is 24.7. The van der Waals surface area contributed by atoms with Crippen molar-refractivity contribution in [3.05, 3.63) is 142 Å². The lowest BCUT2D eigenvalue weighted by molar-refractivity contribution is -0.0766. The van der Waals surface area contributed by atoms with Crippen LogP contribution in [0.2, 0.25) is 0 Å². The molecule has 2 N–H and O–H groups in total. The summed E-state index contributed by atoms with van der Waals surface area (Å²) in [7, 11) is 0. The highest BCUT2D eigenvalue weighted by atomic mass is 19.1. The first-order chi connectivity index (χ1) is 21.2. The monoisotopic (exact) mass is 592 g/mol. The third kappa shape index (κ3) is 6.86. The van der Waals surface area contributed by atoms with Gasteiger partial charge in [-0.2, -0.15) is 10.5 Å². The maximum absolute atomic E-state index is 13.4. The summed E-state index contributed by atoms with van der Waals surface area (Å²) in [5.74, 6) is -0.978. The molecular formula is C36H34F2N4O2. The molecule has 0 amide bonds. The predicted molar refractivity (Wildman–Crippen MR) is 163 cm³/mol. The summed E-state index contributed by atoms with van der Waals surface area (Å²) in [5.41, 5.74) is 3.36. The van der Waals surface area contributed by atoms with Gasteiger partial charge in [-0.15, -0.1) is 0 Å². The SMILES string of the molecule is C[C@@]1(c2ccccc2)CN[C@@H](c2ccc(F)c(C#N)c2)CO1.C[C@]1(c2ccccc2)CN[C@H](c2ccc(F)c(C#N)c2)CO1. The average Bonchev–Trinajstić information content (AvgIpc) is 3.07. The summed E-state index contributed by atoms with van der Waals surface area (Å²) in [4.78, 5) is 0. The number of hydrogen-bond acceptors (Lipinski definition) is 6. The summed E-state index contributed by atoms with van der Waals surface area (Å²) in [6.45, 7) is 6.36. The van der Waals surface area contributed by atoms with E-state index in [2.05, 4.69) is 24.5 Å². The molecule has 2 aliphatic heterocycles. The van der Waals surface area contributed by atoms with E-state index >= 15 is 0 Å². The Balaban J connectivity index is 0.000000175. The number of benzene rings is 4. The summed E-state index contributed by atoms with van der Waals surface area (Å²) in [6, 6.07) is 33.0. The van der Waals surface area contributed by atoms with Gasteiger partial charge in [0.05, 0.1) is 36.4 Å². The van der Waals surface area contributed by atoms with E-state index in [4.69, 9.17) is 20.0 Å². The highest BCUT2D eigenvalue weighted by Crippen LogP contribution is 2.33. The summed E-state index contributed by atoms with van der Waals surface area (Å²) in [5, 5.41) is 24.7. The minimum absolute atomic E-state index is 0.0375. The smallest absolute Gasteiger partial charge is 0.140 e. The number of nitrogens with zero attached hydrogens (tertiary/aromatic N) is 2. The van der Waals surface area contributed by atoms with Gasteiger partial charge in [-0.1, -0.05) is 72.8 Å². The van der Waals surface area contributed by atoms with Crippen molar-refractivity contribution in [3.63, 3.8) is 0 Å². The van der Waals surface area contributed by atoms with Crippen LogP contribution in [0.15, 0.2) is 97.1 Å². The van der Waals surface area contributed by atoms with Crippen molar-refractivity contribution < 1.29 is 18.3 Å². The molecule has 4 aromatic rings. The van der Waals surface area contributed by atoms with Crippen LogP contribution in [0.1, 0.15) is 59.3 Å². The van der Waals surface area contributed by atoms with E-state index in [1.165, 1.54) is 12.1 Å². The van der Waals surface area contributed by atoms with E-state index in [0.29, 0.717) is 26.3 Å². The fourth-order valence-electron chi connectivity index (χ4n) is 5.46. The van der Waals surface area contributed by atoms with Gasteiger partial charge in [0.25, 0.3) is 0 Å². The lowest BCUT2D eigenvalue weighted by atomic mass is 9.92. The van der Waals surface area contributed by atoms with Crippen LogP contribution in [0.4, 0.5) is 8.78 Å². The number of morpholine rings is 2. The number of rotatable bonds is 4. The topological polar surface area (TPSA) is 90.1 Å². The second-order valence-corrected chi connectivity index (χ2v) is 11.4. The molecule has 0 bridgehead atoms. The van der Waals surface area contributed by atoms with E-state index < -0.39 is 11.6 Å². The van der Waals surface area contributed by atoms with Crippen LogP contribution in [0.5, 0.6) is 0 Å². The van der Waals surface area contributed by atoms with Gasteiger partial charge >= 0.3 is 0 Å². The predicted octanol–water partition coefficient (Wildman–Crippen LogP) is 6.55. The zero-order chi connectivity index (χ0) is 31.2. The number of nitriles is 2. The molecule has 2 heterocycles. The zero-order valence-electron chi connectivity index (χ0n) is 24.7. The van der Waals surface area contributed by atoms with E-state index in [0.717, 1.165) is 22.3 Å². The minimum atomic E-state index is -0.489. The lowest BCUT2D eigenvalue weighted by Gasteiger charge is -2.39. The van der Waals surface area contributed by atoms with E-state index in [9.17, 15) is 8.78 Å². The Kier molecular flexibility index (Phi) is 9.49. The minimum Gasteiger partial charge on any atom is -0.367 e. The van der Waals surface area contributed by atoms with Crippen LogP contribution in [-0.2, 0) is 20.7 Å². The van der Waals surface area contributed by atoms with E-state index in [-0.39, 0.29) is 34.4 Å². The standard InChI is InChI=1S/2C18H17FN2O/c2*1-18(15-5-3-2-4-6-15)12-21-17(11-22-18)13-7-8-16(19)14(9-13)10-20/h2*2-9,17,21H,11-12H2,1H3/t2*17-,18+/m10/s1. The molecule has 6 nitrogen and oxygen atoms in total. The summed E-state index contributed by atoms with van der Waals surface area (Å²) in [6.07, 6.45) is 0. The Morgan fingerprint density at radius 3 is 1.34 bits per heavy atom. The molecule has 0 saturated carbocycles. The van der Waals surface area contributed by atoms with Gasteiger partial charge in [-0.25, -0.2) is 8.78 Å². The van der Waals surface area contributed by atoms with Gasteiger partial charge < -0.3 is 20.1 Å². The largest absolute Gasteiger partial charge is 0.367 e. The molecule has 8 heteroatoms. The van der Waals surface area contributed by atoms with Gasteiger partial charge in [-0.05, 0) is 60.4 Å². The summed E-state index contributed by atoms with van der Waals surface area (Å²) >= 11 is 0. The molecule has 0 radical (unpaired) electrons. The Labute approximate surface area is 256 Å². The molecule has 44 heavy (non-hydrogen) atoms. The fraction of sp³-hybridized carbons (Fsp3) is 0.278. The van der Waals surface area contributed by atoms with Crippen molar-refractivity contribution >= 4 is 0 Å². The van der Waals surface area contributed by atoms with Crippen molar-refractivity contribution in [1.29, 1.82) is 10.5 Å². The van der Waals surface area contributed by atoms with Crippen LogP contribution in [0.25, 0.3) is 0 Å². The highest BCUT2D eigenvalue weighted by Gasteiger charge is 2.35. The number of ether oxygens (including phenoxy) is 2. The van der Waals surface area contributed by atoms with Crippen molar-refractivity contribution in [3.8, 4) is 12.1 Å². The van der Waals surface area contributed by atoms with Crippen LogP contribution in [0, 0.1) is 34.3 Å². The number of halogens is 2. The van der Waals surface area contributed by atoms with Gasteiger partial charge in [-0.3, -0.25) is 0 Å². The van der Waals surface area contributed by atoms with E-state index in [1.54, 1.807) is 24.3 Å². The molecule has 4 aromatic carbocycles. The molecule has 0 aromatic heterocycles. The first-order valence-corrected chi connectivity index (χ1v) is 14.5. The molecule has 2 aliphatic rings. The lowest BCUT2D eigenvalue weighted by Crippen LogP contribution is -2.47. The molecule has 0 aliphatic carbocycles. The number of hydrogen-bond donors (Lipinski definition) is 2. The highest BCUT2D eigenvalue weighted by molar-refractivity contribution is 5.37. The molecule has 4 atom stereocenters.